The van der Waals surface area contributed by atoms with Crippen molar-refractivity contribution < 1.29 is 18.4 Å². The highest BCUT2D eigenvalue weighted by Gasteiger charge is 2.40. The van der Waals surface area contributed by atoms with E-state index in [1.165, 1.54) is 17.2 Å². The minimum absolute atomic E-state index is 0.132. The highest BCUT2D eigenvalue weighted by molar-refractivity contribution is 6.30. The maximum Gasteiger partial charge on any atom is 0.255 e. The smallest absolute Gasteiger partial charge is 0.255 e. The lowest BCUT2D eigenvalue weighted by atomic mass is 9.98. The van der Waals surface area contributed by atoms with Crippen molar-refractivity contribution in [1.82, 2.24) is 9.88 Å². The standard InChI is InChI=1S/C23H18ClF2N3O2/c24-15-9-18-17(19(26)10-15)6-7-20(18)29(23(31)13-4-2-1-3-5-13)21(22(27)30)14-8-16(25)12-28-11-14/h1-5,8-12,20-21H,6-7H2,(H2,27,30)/t20-,21?/m1/s1. The Bertz CT molecular complexity index is 1160. The molecule has 158 valence electrons. The first-order chi connectivity index (χ1) is 14.9. The molecule has 0 spiro atoms. The number of benzene rings is 2. The normalized spacial score (nSPS) is 15.9. The Balaban J connectivity index is 1.89. The minimum Gasteiger partial charge on any atom is -0.368 e. The number of fused-ring (bicyclic) bond motifs is 1. The van der Waals surface area contributed by atoms with Gasteiger partial charge in [0.15, 0.2) is 0 Å². The van der Waals surface area contributed by atoms with Crippen LogP contribution in [-0.4, -0.2) is 21.7 Å². The molecule has 1 aromatic heterocycles. The van der Waals surface area contributed by atoms with Gasteiger partial charge in [-0.15, -0.1) is 0 Å². The SMILES string of the molecule is NC(=O)C(c1cncc(F)c1)N(C(=O)c1ccccc1)[C@@H]1CCc2c(F)cc(Cl)cc21. The van der Waals surface area contributed by atoms with Crippen molar-refractivity contribution in [2.75, 3.05) is 0 Å². The molecule has 31 heavy (non-hydrogen) atoms. The van der Waals surface area contributed by atoms with E-state index in [1.54, 1.807) is 36.4 Å². The second-order valence-corrected chi connectivity index (χ2v) is 7.77. The first kappa shape index (κ1) is 20.9. The molecule has 0 saturated heterocycles. The first-order valence-electron chi connectivity index (χ1n) is 9.62. The van der Waals surface area contributed by atoms with E-state index in [0.717, 1.165) is 12.3 Å². The number of rotatable bonds is 5. The number of pyridine rings is 1. The molecule has 1 unspecified atom stereocenters. The zero-order chi connectivity index (χ0) is 22.1. The molecule has 4 rings (SSSR count). The Morgan fingerprint density at radius 3 is 2.55 bits per heavy atom. The maximum absolute atomic E-state index is 14.5. The van der Waals surface area contributed by atoms with Crippen LogP contribution >= 0.6 is 11.6 Å². The highest BCUT2D eigenvalue weighted by Crippen LogP contribution is 2.43. The summed E-state index contributed by atoms with van der Waals surface area (Å²) < 4.78 is 28.4. The number of carbonyl (C=O) groups is 2. The Hall–Kier alpha value is -3.32. The van der Waals surface area contributed by atoms with Crippen molar-refractivity contribution in [1.29, 1.82) is 0 Å². The Morgan fingerprint density at radius 2 is 1.87 bits per heavy atom. The van der Waals surface area contributed by atoms with Gasteiger partial charge in [0.2, 0.25) is 5.91 Å². The molecule has 2 aromatic carbocycles. The van der Waals surface area contributed by atoms with Gasteiger partial charge in [-0.05, 0) is 54.3 Å². The van der Waals surface area contributed by atoms with Gasteiger partial charge in [-0.2, -0.15) is 0 Å². The van der Waals surface area contributed by atoms with Gasteiger partial charge in [-0.1, -0.05) is 29.8 Å². The van der Waals surface area contributed by atoms with E-state index in [0.29, 0.717) is 29.5 Å². The van der Waals surface area contributed by atoms with Crippen LogP contribution in [0.4, 0.5) is 8.78 Å². The van der Waals surface area contributed by atoms with Crippen LogP contribution in [0.25, 0.3) is 0 Å². The molecular weight excluding hydrogens is 424 g/mol. The molecule has 0 saturated carbocycles. The van der Waals surface area contributed by atoms with Gasteiger partial charge in [0.05, 0.1) is 12.2 Å². The third kappa shape index (κ3) is 4.01. The Kier molecular flexibility index (Phi) is 5.69. The molecule has 8 heteroatoms. The van der Waals surface area contributed by atoms with Crippen molar-refractivity contribution in [3.05, 3.63) is 99.8 Å². The molecule has 0 aliphatic heterocycles. The monoisotopic (exact) mass is 441 g/mol. The lowest BCUT2D eigenvalue weighted by molar-refractivity contribution is -0.123. The second-order valence-electron chi connectivity index (χ2n) is 7.33. The summed E-state index contributed by atoms with van der Waals surface area (Å²) >= 11 is 6.08. The third-order valence-electron chi connectivity index (χ3n) is 5.40. The van der Waals surface area contributed by atoms with Gasteiger partial charge < -0.3 is 10.6 Å². The summed E-state index contributed by atoms with van der Waals surface area (Å²) in [5.74, 6) is -2.49. The minimum atomic E-state index is -1.31. The van der Waals surface area contributed by atoms with Crippen LogP contribution < -0.4 is 5.73 Å². The number of nitrogens with zero attached hydrogens (tertiary/aromatic N) is 2. The summed E-state index contributed by atoms with van der Waals surface area (Å²) in [6, 6.07) is 10.3. The van der Waals surface area contributed by atoms with Crippen LogP contribution in [-0.2, 0) is 11.2 Å². The fraction of sp³-hybridized carbons (Fsp3) is 0.174. The fourth-order valence-corrected chi connectivity index (χ4v) is 4.33. The predicted octanol–water partition coefficient (Wildman–Crippen LogP) is 4.37. The average Bonchev–Trinajstić information content (AvgIpc) is 3.15. The number of hydrogen-bond acceptors (Lipinski definition) is 3. The number of carbonyl (C=O) groups excluding carboxylic acids is 2. The zero-order valence-corrected chi connectivity index (χ0v) is 17.0. The summed E-state index contributed by atoms with van der Waals surface area (Å²) in [5.41, 5.74) is 7.08. The van der Waals surface area contributed by atoms with Crippen LogP contribution in [0, 0.1) is 11.6 Å². The van der Waals surface area contributed by atoms with E-state index < -0.39 is 35.5 Å². The summed E-state index contributed by atoms with van der Waals surface area (Å²) in [7, 11) is 0. The molecule has 1 aliphatic carbocycles. The number of hydrogen-bond donors (Lipinski definition) is 1. The fourth-order valence-electron chi connectivity index (χ4n) is 4.12. The summed E-state index contributed by atoms with van der Waals surface area (Å²) in [5, 5.41) is 0.179. The molecule has 2 N–H and O–H groups in total. The molecule has 2 atom stereocenters. The lowest BCUT2D eigenvalue weighted by Gasteiger charge is -2.35. The molecule has 0 bridgehead atoms. The molecule has 5 nitrogen and oxygen atoms in total. The predicted molar refractivity (Wildman–Crippen MR) is 111 cm³/mol. The van der Waals surface area contributed by atoms with Crippen molar-refractivity contribution in [3.8, 4) is 0 Å². The molecule has 3 aromatic rings. The maximum atomic E-state index is 14.5. The average molecular weight is 442 g/mol. The van der Waals surface area contributed by atoms with E-state index in [9.17, 15) is 18.4 Å². The zero-order valence-electron chi connectivity index (χ0n) is 16.3. The summed E-state index contributed by atoms with van der Waals surface area (Å²) in [6.45, 7) is 0. The third-order valence-corrected chi connectivity index (χ3v) is 5.62. The number of amides is 2. The van der Waals surface area contributed by atoms with E-state index >= 15 is 0 Å². The van der Waals surface area contributed by atoms with Gasteiger partial charge in [0.1, 0.15) is 17.7 Å². The lowest BCUT2D eigenvalue weighted by Crippen LogP contribution is -2.43. The first-order valence-corrected chi connectivity index (χ1v) is 10.00. The van der Waals surface area contributed by atoms with Crippen LogP contribution in [0.5, 0.6) is 0 Å². The van der Waals surface area contributed by atoms with Crippen molar-refractivity contribution in [3.63, 3.8) is 0 Å². The largest absolute Gasteiger partial charge is 0.368 e. The van der Waals surface area contributed by atoms with E-state index in [2.05, 4.69) is 4.98 Å². The quantitative estimate of drug-likeness (QED) is 0.638. The van der Waals surface area contributed by atoms with Crippen LogP contribution in [0.1, 0.15) is 45.6 Å². The molecule has 2 amide bonds. The molecule has 0 fully saturated rings. The van der Waals surface area contributed by atoms with Gasteiger partial charge >= 0.3 is 0 Å². The van der Waals surface area contributed by atoms with Gasteiger partial charge in [-0.25, -0.2) is 8.78 Å². The molecular formula is C23H18ClF2N3O2. The van der Waals surface area contributed by atoms with Gasteiger partial charge in [0.25, 0.3) is 5.91 Å². The second kappa shape index (κ2) is 8.43. The highest BCUT2D eigenvalue weighted by atomic mass is 35.5. The number of nitrogens with two attached hydrogens (primary N) is 1. The Morgan fingerprint density at radius 1 is 1.13 bits per heavy atom. The van der Waals surface area contributed by atoms with Crippen LogP contribution in [0.15, 0.2) is 60.9 Å². The van der Waals surface area contributed by atoms with Crippen molar-refractivity contribution in [2.45, 2.75) is 24.9 Å². The summed E-state index contributed by atoms with van der Waals surface area (Å²) in [4.78, 5) is 31.2. The number of aromatic nitrogens is 1. The molecule has 1 heterocycles. The number of primary amides is 1. The van der Waals surface area contributed by atoms with E-state index in [4.69, 9.17) is 17.3 Å². The number of halogens is 3. The Labute approximate surface area is 182 Å². The van der Waals surface area contributed by atoms with Crippen LogP contribution in [0.3, 0.4) is 0 Å². The van der Waals surface area contributed by atoms with Crippen molar-refractivity contribution >= 4 is 23.4 Å². The van der Waals surface area contributed by atoms with E-state index in [-0.39, 0.29) is 10.6 Å². The van der Waals surface area contributed by atoms with Crippen molar-refractivity contribution in [2.24, 2.45) is 5.73 Å². The van der Waals surface area contributed by atoms with Gasteiger partial charge in [-0.3, -0.25) is 14.6 Å². The molecule has 0 radical (unpaired) electrons. The topological polar surface area (TPSA) is 76.3 Å². The summed E-state index contributed by atoms with van der Waals surface area (Å²) in [6.07, 6.45) is 3.00. The van der Waals surface area contributed by atoms with Gasteiger partial charge in [0, 0.05) is 22.3 Å². The van der Waals surface area contributed by atoms with E-state index in [1.807, 2.05) is 0 Å². The van der Waals surface area contributed by atoms with Crippen LogP contribution in [0.2, 0.25) is 5.02 Å². The molecule has 1 aliphatic rings.